The molecule has 0 amide bonds. The summed E-state index contributed by atoms with van der Waals surface area (Å²) >= 11 is 5.92. The van der Waals surface area contributed by atoms with Crippen molar-refractivity contribution < 1.29 is 0 Å². The second-order valence-corrected chi connectivity index (χ2v) is 6.32. The summed E-state index contributed by atoms with van der Waals surface area (Å²) in [6.07, 6.45) is 1.12. The molecule has 0 bridgehead atoms. The molecule has 1 atom stereocenters. The quantitative estimate of drug-likeness (QED) is 0.772. The molecule has 0 saturated heterocycles. The average Bonchev–Trinajstić information content (AvgIpc) is 2.30. The molecule has 1 aromatic carbocycles. The van der Waals surface area contributed by atoms with Gasteiger partial charge in [-0.2, -0.15) is 0 Å². The van der Waals surface area contributed by atoms with Gasteiger partial charge >= 0.3 is 0 Å². The van der Waals surface area contributed by atoms with Crippen LogP contribution in [0.15, 0.2) is 24.3 Å². The second-order valence-electron chi connectivity index (χ2n) is 5.89. The maximum atomic E-state index is 5.92. The maximum absolute atomic E-state index is 5.92. The van der Waals surface area contributed by atoms with Gasteiger partial charge in [0.25, 0.3) is 0 Å². The smallest absolute Gasteiger partial charge is 0.0406 e. The van der Waals surface area contributed by atoms with Crippen LogP contribution in [0.1, 0.15) is 33.3 Å². The standard InChI is InChI=1S/C16H26ClN/c1-12(2)10-18-11-15(13(3)4)9-14-5-7-16(17)8-6-14/h5-8,12-13,15,18H,9-11H2,1-4H3. The predicted molar refractivity (Wildman–Crippen MR) is 81.2 cm³/mol. The van der Waals surface area contributed by atoms with Gasteiger partial charge in [-0.25, -0.2) is 0 Å². The third-order valence-corrected chi connectivity index (χ3v) is 3.57. The van der Waals surface area contributed by atoms with Gasteiger partial charge in [0.1, 0.15) is 0 Å². The van der Waals surface area contributed by atoms with Gasteiger partial charge in [0.2, 0.25) is 0 Å². The maximum Gasteiger partial charge on any atom is 0.0406 e. The summed E-state index contributed by atoms with van der Waals surface area (Å²) in [5.41, 5.74) is 1.38. The highest BCUT2D eigenvalue weighted by atomic mass is 35.5. The zero-order valence-corrected chi connectivity index (χ0v) is 12.8. The van der Waals surface area contributed by atoms with Crippen molar-refractivity contribution in [3.63, 3.8) is 0 Å². The van der Waals surface area contributed by atoms with Gasteiger partial charge < -0.3 is 5.32 Å². The molecule has 2 heteroatoms. The fraction of sp³-hybridized carbons (Fsp3) is 0.625. The molecule has 1 rings (SSSR count). The van der Waals surface area contributed by atoms with Crippen molar-refractivity contribution in [2.45, 2.75) is 34.1 Å². The molecular formula is C16H26ClN. The van der Waals surface area contributed by atoms with E-state index in [0.29, 0.717) is 17.8 Å². The molecule has 102 valence electrons. The van der Waals surface area contributed by atoms with E-state index in [9.17, 15) is 0 Å². The van der Waals surface area contributed by atoms with Crippen LogP contribution in [0.2, 0.25) is 5.02 Å². The van der Waals surface area contributed by atoms with E-state index in [-0.39, 0.29) is 0 Å². The first-order valence-corrected chi connectivity index (χ1v) is 7.32. The van der Waals surface area contributed by atoms with Crippen LogP contribution in [0.25, 0.3) is 0 Å². The highest BCUT2D eigenvalue weighted by Gasteiger charge is 2.13. The number of hydrogen-bond acceptors (Lipinski definition) is 1. The molecule has 0 aliphatic carbocycles. The first-order valence-electron chi connectivity index (χ1n) is 6.94. The highest BCUT2D eigenvalue weighted by molar-refractivity contribution is 6.30. The van der Waals surface area contributed by atoms with Gasteiger partial charge in [-0.05, 0) is 55.0 Å². The minimum atomic E-state index is 0.685. The van der Waals surface area contributed by atoms with Crippen molar-refractivity contribution >= 4 is 11.6 Å². The zero-order valence-electron chi connectivity index (χ0n) is 12.0. The van der Waals surface area contributed by atoms with E-state index in [2.05, 4.69) is 45.1 Å². The summed E-state index contributed by atoms with van der Waals surface area (Å²) in [4.78, 5) is 0. The van der Waals surface area contributed by atoms with Crippen molar-refractivity contribution in [2.24, 2.45) is 17.8 Å². The Kier molecular flexibility index (Phi) is 6.73. The molecule has 0 aliphatic heterocycles. The molecule has 0 spiro atoms. The van der Waals surface area contributed by atoms with Gasteiger partial charge in [-0.1, -0.05) is 51.4 Å². The molecule has 0 radical (unpaired) electrons. The minimum Gasteiger partial charge on any atom is -0.316 e. The molecule has 0 aromatic heterocycles. The Bertz CT molecular complexity index is 329. The second kappa shape index (κ2) is 7.81. The Morgan fingerprint density at radius 3 is 2.11 bits per heavy atom. The first kappa shape index (κ1) is 15.5. The van der Waals surface area contributed by atoms with Crippen LogP contribution in [-0.4, -0.2) is 13.1 Å². The van der Waals surface area contributed by atoms with Crippen molar-refractivity contribution in [1.29, 1.82) is 0 Å². The first-order chi connectivity index (χ1) is 8.49. The van der Waals surface area contributed by atoms with E-state index in [1.165, 1.54) is 5.56 Å². The van der Waals surface area contributed by atoms with Crippen LogP contribution in [0.5, 0.6) is 0 Å². The number of nitrogens with one attached hydrogen (secondary N) is 1. The third kappa shape index (κ3) is 5.88. The van der Waals surface area contributed by atoms with Crippen LogP contribution in [0.4, 0.5) is 0 Å². The highest BCUT2D eigenvalue weighted by Crippen LogP contribution is 2.18. The Labute approximate surface area is 117 Å². The fourth-order valence-corrected chi connectivity index (χ4v) is 2.15. The van der Waals surface area contributed by atoms with E-state index in [4.69, 9.17) is 11.6 Å². The molecular weight excluding hydrogens is 242 g/mol. The molecule has 1 aromatic rings. The van der Waals surface area contributed by atoms with Crippen LogP contribution in [0.3, 0.4) is 0 Å². The summed E-state index contributed by atoms with van der Waals surface area (Å²) in [5.74, 6) is 2.10. The van der Waals surface area contributed by atoms with E-state index >= 15 is 0 Å². The van der Waals surface area contributed by atoms with Gasteiger partial charge in [0, 0.05) is 5.02 Å². The van der Waals surface area contributed by atoms with E-state index < -0.39 is 0 Å². The molecule has 0 aliphatic rings. The van der Waals surface area contributed by atoms with Crippen LogP contribution in [-0.2, 0) is 6.42 Å². The number of benzene rings is 1. The molecule has 1 nitrogen and oxygen atoms in total. The number of halogens is 1. The Morgan fingerprint density at radius 1 is 1.00 bits per heavy atom. The van der Waals surface area contributed by atoms with Crippen molar-refractivity contribution in [1.82, 2.24) is 5.32 Å². The van der Waals surface area contributed by atoms with Gasteiger partial charge in [0.15, 0.2) is 0 Å². The Balaban J connectivity index is 2.49. The monoisotopic (exact) mass is 267 g/mol. The summed E-state index contributed by atoms with van der Waals surface area (Å²) in [5, 5.41) is 4.39. The zero-order chi connectivity index (χ0) is 13.5. The van der Waals surface area contributed by atoms with Crippen molar-refractivity contribution in [3.8, 4) is 0 Å². The lowest BCUT2D eigenvalue weighted by atomic mass is 9.89. The lowest BCUT2D eigenvalue weighted by Gasteiger charge is -2.22. The average molecular weight is 268 g/mol. The topological polar surface area (TPSA) is 12.0 Å². The molecule has 0 fully saturated rings. The normalized spacial score (nSPS) is 13.3. The van der Waals surface area contributed by atoms with E-state index in [1.807, 2.05) is 12.1 Å². The summed E-state index contributed by atoms with van der Waals surface area (Å²) in [7, 11) is 0. The predicted octanol–water partition coefficient (Wildman–Crippen LogP) is 4.40. The van der Waals surface area contributed by atoms with E-state index in [0.717, 1.165) is 24.5 Å². The fourth-order valence-electron chi connectivity index (χ4n) is 2.02. The third-order valence-electron chi connectivity index (χ3n) is 3.31. The summed E-state index contributed by atoms with van der Waals surface area (Å²) in [6.45, 7) is 11.3. The number of rotatable bonds is 7. The molecule has 1 N–H and O–H groups in total. The summed E-state index contributed by atoms with van der Waals surface area (Å²) < 4.78 is 0. The largest absolute Gasteiger partial charge is 0.316 e. The van der Waals surface area contributed by atoms with Crippen molar-refractivity contribution in [3.05, 3.63) is 34.9 Å². The van der Waals surface area contributed by atoms with Gasteiger partial charge in [-0.15, -0.1) is 0 Å². The Hall–Kier alpha value is -0.530. The molecule has 1 unspecified atom stereocenters. The lowest BCUT2D eigenvalue weighted by Crippen LogP contribution is -2.30. The summed E-state index contributed by atoms with van der Waals surface area (Å²) in [6, 6.07) is 8.24. The SMILES string of the molecule is CC(C)CNCC(Cc1ccc(Cl)cc1)C(C)C. The van der Waals surface area contributed by atoms with Gasteiger partial charge in [-0.3, -0.25) is 0 Å². The molecule has 18 heavy (non-hydrogen) atoms. The van der Waals surface area contributed by atoms with Crippen molar-refractivity contribution in [2.75, 3.05) is 13.1 Å². The van der Waals surface area contributed by atoms with Crippen LogP contribution < -0.4 is 5.32 Å². The molecule has 0 saturated carbocycles. The minimum absolute atomic E-state index is 0.685. The van der Waals surface area contributed by atoms with Crippen LogP contribution >= 0.6 is 11.6 Å². The lowest BCUT2D eigenvalue weighted by molar-refractivity contribution is 0.352. The van der Waals surface area contributed by atoms with E-state index in [1.54, 1.807) is 0 Å². The Morgan fingerprint density at radius 2 is 1.61 bits per heavy atom. The number of hydrogen-bond donors (Lipinski definition) is 1. The molecule has 0 heterocycles. The van der Waals surface area contributed by atoms with Gasteiger partial charge in [0.05, 0.1) is 0 Å². The van der Waals surface area contributed by atoms with Crippen LogP contribution in [0, 0.1) is 17.8 Å².